The molecule has 3 heterocycles. The van der Waals surface area contributed by atoms with Gasteiger partial charge in [-0.05, 0) is 101 Å². The summed E-state index contributed by atoms with van der Waals surface area (Å²) in [5, 5.41) is 8.53. The maximum absolute atomic E-state index is 4.34. The molecule has 62 heavy (non-hydrogen) atoms. The second-order valence-electron chi connectivity index (χ2n) is 16.1. The number of para-hydroxylation sites is 2. The number of aromatic nitrogens is 3. The van der Waals surface area contributed by atoms with Crippen LogP contribution in [-0.4, -0.2) is 13.7 Å². The summed E-state index contributed by atoms with van der Waals surface area (Å²) in [6.45, 7) is 6.43. The highest BCUT2D eigenvalue weighted by atomic mass is 15.0. The number of nitrogens with zero attached hydrogens (tertiary/aromatic N) is 3. The molecule has 0 radical (unpaired) electrons. The molecule has 3 nitrogen and oxygen atoms in total. The highest BCUT2D eigenvalue weighted by molar-refractivity contribution is 6.21. The van der Waals surface area contributed by atoms with Gasteiger partial charge in [-0.1, -0.05) is 158 Å². The van der Waals surface area contributed by atoms with Crippen LogP contribution in [0.2, 0.25) is 0 Å². The fraction of sp³-hybridized carbons (Fsp3) is 0.0169. The molecule has 0 amide bonds. The van der Waals surface area contributed by atoms with Crippen molar-refractivity contribution in [1.29, 1.82) is 0 Å². The van der Waals surface area contributed by atoms with Crippen molar-refractivity contribution in [3.8, 4) is 39.3 Å². The van der Waals surface area contributed by atoms with E-state index in [1.54, 1.807) is 0 Å². The molecular weight excluding hydrogens is 751 g/mol. The zero-order chi connectivity index (χ0) is 41.3. The van der Waals surface area contributed by atoms with Gasteiger partial charge in [0.25, 0.3) is 0 Å². The van der Waals surface area contributed by atoms with E-state index in [9.17, 15) is 0 Å². The van der Waals surface area contributed by atoms with Crippen LogP contribution in [0.25, 0.3) is 117 Å². The molecule has 0 spiro atoms. The van der Waals surface area contributed by atoms with Gasteiger partial charge in [0.1, 0.15) is 0 Å². The molecule has 0 bridgehead atoms. The van der Waals surface area contributed by atoms with Crippen molar-refractivity contribution in [1.82, 2.24) is 13.7 Å². The SMILES string of the molecule is C=Cc1c(/C=C\C)n(-c2ccccc2)c2c1ccc1c3cc(-c4ccc5c(c4)c4ccccc4n5-c4cccc5ccccc45)ccc3n(-c3cccc(-c4ccccc4)c3)c12. The maximum atomic E-state index is 4.34. The Morgan fingerprint density at radius 1 is 0.387 bits per heavy atom. The lowest BCUT2D eigenvalue weighted by Crippen LogP contribution is -2.00. The molecule has 0 atom stereocenters. The Bertz CT molecular complexity index is 3760. The summed E-state index contributed by atoms with van der Waals surface area (Å²) >= 11 is 0. The highest BCUT2D eigenvalue weighted by Gasteiger charge is 2.24. The molecule has 9 aromatic carbocycles. The molecule has 0 aliphatic carbocycles. The molecule has 3 aromatic heterocycles. The Morgan fingerprint density at radius 3 is 1.73 bits per heavy atom. The Labute approximate surface area is 360 Å². The third kappa shape index (κ3) is 5.38. The highest BCUT2D eigenvalue weighted by Crippen LogP contribution is 2.44. The average Bonchev–Trinajstić information content (AvgIpc) is 3.96. The predicted octanol–water partition coefficient (Wildman–Crippen LogP) is 16.0. The van der Waals surface area contributed by atoms with E-state index in [0.717, 1.165) is 39.2 Å². The van der Waals surface area contributed by atoms with E-state index in [1.807, 2.05) is 6.08 Å². The van der Waals surface area contributed by atoms with E-state index < -0.39 is 0 Å². The third-order valence-electron chi connectivity index (χ3n) is 12.7. The van der Waals surface area contributed by atoms with Crippen LogP contribution >= 0.6 is 0 Å². The van der Waals surface area contributed by atoms with E-state index in [4.69, 9.17) is 0 Å². The summed E-state index contributed by atoms with van der Waals surface area (Å²) in [4.78, 5) is 0. The minimum absolute atomic E-state index is 1.11. The topological polar surface area (TPSA) is 14.8 Å². The van der Waals surface area contributed by atoms with Crippen molar-refractivity contribution in [2.45, 2.75) is 6.92 Å². The largest absolute Gasteiger partial charge is 0.309 e. The molecule has 0 aliphatic heterocycles. The van der Waals surface area contributed by atoms with Crippen molar-refractivity contribution >= 4 is 77.4 Å². The van der Waals surface area contributed by atoms with Crippen LogP contribution < -0.4 is 0 Å². The summed E-state index contributed by atoms with van der Waals surface area (Å²) in [6, 6.07) is 73.1. The molecule has 0 saturated heterocycles. The molecule has 12 rings (SSSR count). The van der Waals surface area contributed by atoms with Crippen LogP contribution in [0.15, 0.2) is 213 Å². The zero-order valence-corrected chi connectivity index (χ0v) is 34.3. The van der Waals surface area contributed by atoms with Gasteiger partial charge in [0.05, 0.1) is 39.0 Å². The number of hydrogen-bond acceptors (Lipinski definition) is 0. The summed E-state index contributed by atoms with van der Waals surface area (Å²) in [5.74, 6) is 0. The van der Waals surface area contributed by atoms with Gasteiger partial charge in [0.2, 0.25) is 0 Å². The Kier molecular flexibility index (Phi) is 8.23. The van der Waals surface area contributed by atoms with Crippen molar-refractivity contribution in [2.75, 3.05) is 0 Å². The molecule has 0 aliphatic rings. The molecule has 0 fully saturated rings. The zero-order valence-electron chi connectivity index (χ0n) is 34.3. The molecule has 12 aromatic rings. The van der Waals surface area contributed by atoms with Gasteiger partial charge >= 0.3 is 0 Å². The Balaban J connectivity index is 1.14. The standard InChI is InChI=1S/C59H41N3/c1-3-17-53-46(4-2)49-32-33-50-52-38-43(42-31-35-57-51(37-42)48-27-13-14-28-55(48)62(57)54-29-16-21-40-20-11-12-26-47(40)54)30-34-56(52)61(59(50)58(49)60(53)44-23-9-6-10-24-44)45-25-15-22-41(36-45)39-18-7-5-8-19-39/h3-38H,2H2,1H3/b17-3-. The summed E-state index contributed by atoms with van der Waals surface area (Å²) in [6.07, 6.45) is 6.35. The van der Waals surface area contributed by atoms with Gasteiger partial charge in [-0.25, -0.2) is 0 Å². The molecule has 0 saturated carbocycles. The summed E-state index contributed by atoms with van der Waals surface area (Å²) < 4.78 is 7.34. The van der Waals surface area contributed by atoms with Gasteiger partial charge in [0, 0.05) is 49.3 Å². The first-order valence-corrected chi connectivity index (χ1v) is 21.3. The van der Waals surface area contributed by atoms with E-state index in [-0.39, 0.29) is 0 Å². The van der Waals surface area contributed by atoms with Crippen LogP contribution in [0.3, 0.4) is 0 Å². The van der Waals surface area contributed by atoms with Crippen LogP contribution in [0.4, 0.5) is 0 Å². The smallest absolute Gasteiger partial charge is 0.0788 e. The minimum Gasteiger partial charge on any atom is -0.309 e. The van der Waals surface area contributed by atoms with E-state index in [2.05, 4.69) is 240 Å². The predicted molar refractivity (Wildman–Crippen MR) is 265 cm³/mol. The van der Waals surface area contributed by atoms with Gasteiger partial charge in [0.15, 0.2) is 0 Å². The Hall–Kier alpha value is -8.14. The van der Waals surface area contributed by atoms with E-state index in [0.29, 0.717) is 0 Å². The van der Waals surface area contributed by atoms with Crippen molar-refractivity contribution < 1.29 is 0 Å². The Morgan fingerprint density at radius 2 is 0.952 bits per heavy atom. The molecule has 3 heteroatoms. The number of fused-ring (bicyclic) bond motifs is 9. The van der Waals surface area contributed by atoms with Gasteiger partial charge in [-0.15, -0.1) is 0 Å². The fourth-order valence-corrected chi connectivity index (χ4v) is 10.0. The monoisotopic (exact) mass is 791 g/mol. The second kappa shape index (κ2) is 14.3. The molecule has 292 valence electrons. The summed E-state index contributed by atoms with van der Waals surface area (Å²) in [7, 11) is 0. The lowest BCUT2D eigenvalue weighted by molar-refractivity contribution is 1.10. The minimum atomic E-state index is 1.11. The van der Waals surface area contributed by atoms with Crippen molar-refractivity contribution in [3.63, 3.8) is 0 Å². The maximum Gasteiger partial charge on any atom is 0.0788 e. The first-order valence-electron chi connectivity index (χ1n) is 21.3. The van der Waals surface area contributed by atoms with Crippen molar-refractivity contribution in [3.05, 3.63) is 224 Å². The van der Waals surface area contributed by atoms with E-state index in [1.165, 1.54) is 76.7 Å². The quantitative estimate of drug-likeness (QED) is 0.153. The average molecular weight is 792 g/mol. The normalized spacial score (nSPS) is 12.0. The van der Waals surface area contributed by atoms with Crippen LogP contribution in [0.5, 0.6) is 0 Å². The van der Waals surface area contributed by atoms with E-state index >= 15 is 0 Å². The third-order valence-corrected chi connectivity index (χ3v) is 12.7. The van der Waals surface area contributed by atoms with Crippen molar-refractivity contribution in [2.24, 2.45) is 0 Å². The number of allylic oxidation sites excluding steroid dienone is 1. The van der Waals surface area contributed by atoms with Crippen LogP contribution in [0, 0.1) is 0 Å². The first kappa shape index (κ1) is 35.8. The number of rotatable bonds is 7. The molecule has 0 unspecified atom stereocenters. The second-order valence-corrected chi connectivity index (χ2v) is 16.1. The lowest BCUT2D eigenvalue weighted by atomic mass is 10.00. The van der Waals surface area contributed by atoms with Crippen LogP contribution in [0.1, 0.15) is 18.2 Å². The first-order chi connectivity index (χ1) is 30.7. The molecular formula is C59H41N3. The van der Waals surface area contributed by atoms with Crippen LogP contribution in [-0.2, 0) is 0 Å². The van der Waals surface area contributed by atoms with Gasteiger partial charge in [-0.2, -0.15) is 0 Å². The number of benzene rings is 9. The fourth-order valence-electron chi connectivity index (χ4n) is 10.0. The number of hydrogen-bond donors (Lipinski definition) is 0. The van der Waals surface area contributed by atoms with Gasteiger partial charge < -0.3 is 13.7 Å². The molecule has 0 N–H and O–H groups in total. The lowest BCUT2D eigenvalue weighted by Gasteiger charge is -2.14. The van der Waals surface area contributed by atoms with Gasteiger partial charge in [-0.3, -0.25) is 0 Å². The summed E-state index contributed by atoms with van der Waals surface area (Å²) in [5.41, 5.74) is 16.3.